The van der Waals surface area contributed by atoms with Crippen LogP contribution in [0.5, 0.6) is 0 Å². The van der Waals surface area contributed by atoms with Crippen LogP contribution in [0.4, 0.5) is 9.59 Å². The van der Waals surface area contributed by atoms with Crippen molar-refractivity contribution in [2.75, 3.05) is 13.1 Å². The van der Waals surface area contributed by atoms with Gasteiger partial charge in [-0.2, -0.15) is 0 Å². The molecule has 1 saturated carbocycles. The number of allylic oxidation sites excluding steroid dienone is 1. The first kappa shape index (κ1) is 33.4. The summed E-state index contributed by atoms with van der Waals surface area (Å²) >= 11 is 0. The highest BCUT2D eigenvalue weighted by atomic mass is 16.6. The Morgan fingerprint density at radius 1 is 1.10 bits per heavy atom. The molecule has 1 aromatic carbocycles. The summed E-state index contributed by atoms with van der Waals surface area (Å²) in [5, 5.41) is 16.7. The minimum atomic E-state index is -1.46. The van der Waals surface area contributed by atoms with E-state index in [0.29, 0.717) is 32.4 Å². The maximum Gasteiger partial charge on any atom is 0.410 e. The quantitative estimate of drug-likeness (QED) is 0.357. The van der Waals surface area contributed by atoms with Crippen molar-refractivity contribution < 1.29 is 38.6 Å². The Morgan fingerprint density at radius 3 is 2.67 bits per heavy atom. The smallest absolute Gasteiger partial charge is 0.410 e. The zero-order valence-electron chi connectivity index (χ0n) is 27.8. The normalized spacial score (nSPS) is 27.9. The van der Waals surface area contributed by atoms with Crippen LogP contribution in [0.1, 0.15) is 77.0 Å². The first-order chi connectivity index (χ1) is 22.8. The van der Waals surface area contributed by atoms with E-state index in [9.17, 15) is 29.1 Å². The van der Waals surface area contributed by atoms with Crippen molar-refractivity contribution in [2.45, 2.75) is 108 Å². The molecule has 13 heteroatoms. The van der Waals surface area contributed by atoms with E-state index in [-0.39, 0.29) is 25.3 Å². The zero-order chi connectivity index (χ0) is 34.2. The van der Waals surface area contributed by atoms with Crippen molar-refractivity contribution in [2.24, 2.45) is 5.92 Å². The van der Waals surface area contributed by atoms with E-state index in [1.165, 1.54) is 10.5 Å². The van der Waals surface area contributed by atoms with Crippen LogP contribution in [0.3, 0.4) is 0 Å². The Balaban J connectivity index is 1.21. The van der Waals surface area contributed by atoms with Gasteiger partial charge in [0.05, 0.1) is 13.1 Å². The van der Waals surface area contributed by atoms with Gasteiger partial charge in [0.15, 0.2) is 0 Å². The molecule has 0 bridgehead atoms. The molecule has 4 heterocycles. The fourth-order valence-corrected chi connectivity index (χ4v) is 7.16. The van der Waals surface area contributed by atoms with Gasteiger partial charge in [-0.1, -0.05) is 43.2 Å². The molecule has 1 saturated heterocycles. The van der Waals surface area contributed by atoms with Crippen LogP contribution in [0.15, 0.2) is 36.4 Å². The molecule has 1 aliphatic carbocycles. The van der Waals surface area contributed by atoms with Gasteiger partial charge in [0, 0.05) is 35.5 Å². The van der Waals surface area contributed by atoms with Gasteiger partial charge in [0.1, 0.15) is 29.3 Å². The number of H-pyrrole nitrogens is 1. The average molecular weight is 664 g/mol. The molecular formula is C35H45N5O8. The topological polar surface area (TPSA) is 170 Å². The lowest BCUT2D eigenvalue weighted by Crippen LogP contribution is -2.56. The molecule has 258 valence electrons. The summed E-state index contributed by atoms with van der Waals surface area (Å²) in [6.07, 6.45) is 5.85. The number of aliphatic carboxylic acids is 1. The zero-order valence-corrected chi connectivity index (χ0v) is 27.8. The second-order valence-electron chi connectivity index (χ2n) is 14.4. The lowest BCUT2D eigenvalue weighted by molar-refractivity contribution is -0.145. The number of aromatic nitrogens is 1. The number of nitrogens with one attached hydrogen (secondary N) is 3. The fourth-order valence-electron chi connectivity index (χ4n) is 7.16. The molecule has 5 atom stereocenters. The summed E-state index contributed by atoms with van der Waals surface area (Å²) in [6.45, 7) is 5.88. The molecule has 3 aliphatic heterocycles. The molecule has 6 rings (SSSR count). The molecule has 1 aromatic heterocycles. The monoisotopic (exact) mass is 663 g/mol. The highest BCUT2D eigenvalue weighted by Gasteiger charge is 2.61. The van der Waals surface area contributed by atoms with Crippen LogP contribution >= 0.6 is 0 Å². The predicted octanol–water partition coefficient (Wildman–Crippen LogP) is 4.01. The number of carbonyl (C=O) groups is 5. The average Bonchev–Trinajstić information content (AvgIpc) is 3.36. The number of alkyl carbamates (subject to hydrolysis) is 1. The van der Waals surface area contributed by atoms with E-state index >= 15 is 0 Å². The first-order valence-electron chi connectivity index (χ1n) is 16.9. The van der Waals surface area contributed by atoms with Crippen LogP contribution < -0.4 is 10.6 Å². The van der Waals surface area contributed by atoms with Crippen LogP contribution in [-0.2, 0) is 36.8 Å². The third kappa shape index (κ3) is 7.00. The molecule has 0 radical (unpaired) electrons. The number of hydrogen-bond donors (Lipinski definition) is 4. The predicted molar refractivity (Wildman–Crippen MR) is 175 cm³/mol. The van der Waals surface area contributed by atoms with Gasteiger partial charge in [-0.3, -0.25) is 9.59 Å². The number of aromatic amines is 1. The summed E-state index contributed by atoms with van der Waals surface area (Å²) in [4.78, 5) is 73.0. The van der Waals surface area contributed by atoms with Gasteiger partial charge in [-0.05, 0) is 64.5 Å². The Bertz CT molecular complexity index is 1630. The summed E-state index contributed by atoms with van der Waals surface area (Å²) in [7, 11) is 0. The summed E-state index contributed by atoms with van der Waals surface area (Å²) in [5.41, 5.74) is 0.868. The number of rotatable bonds is 3. The number of para-hydroxylation sites is 1. The number of hydrogen-bond acceptors (Lipinski definition) is 7. The van der Waals surface area contributed by atoms with Gasteiger partial charge in [-0.15, -0.1) is 0 Å². The van der Waals surface area contributed by atoms with Gasteiger partial charge < -0.3 is 40.0 Å². The Hall–Kier alpha value is -4.55. The van der Waals surface area contributed by atoms with E-state index in [1.807, 2.05) is 30.4 Å². The molecule has 48 heavy (non-hydrogen) atoms. The van der Waals surface area contributed by atoms with E-state index in [1.54, 1.807) is 25.7 Å². The number of fused-ring (bicyclic) bond motifs is 5. The van der Waals surface area contributed by atoms with E-state index in [2.05, 4.69) is 21.7 Å². The van der Waals surface area contributed by atoms with Gasteiger partial charge in [-0.25, -0.2) is 14.4 Å². The largest absolute Gasteiger partial charge is 0.479 e. The number of benzene rings is 1. The molecule has 4 aliphatic rings. The van der Waals surface area contributed by atoms with E-state index < -0.39 is 59.3 Å². The van der Waals surface area contributed by atoms with Crippen molar-refractivity contribution in [3.05, 3.63) is 47.7 Å². The second kappa shape index (κ2) is 13.2. The van der Waals surface area contributed by atoms with Crippen LogP contribution in [-0.4, -0.2) is 92.3 Å². The Labute approximate surface area is 279 Å². The molecular weight excluding hydrogens is 618 g/mol. The molecule has 4 N–H and O–H groups in total. The van der Waals surface area contributed by atoms with Crippen LogP contribution in [0.25, 0.3) is 10.9 Å². The maximum atomic E-state index is 14.2. The van der Waals surface area contributed by atoms with Crippen molar-refractivity contribution in [1.29, 1.82) is 0 Å². The first-order valence-corrected chi connectivity index (χ1v) is 16.9. The number of carboxylic acids is 1. The van der Waals surface area contributed by atoms with Gasteiger partial charge in [0.25, 0.3) is 0 Å². The number of carboxylic acid groups (broad SMARTS) is 1. The molecule has 4 amide bonds. The fraction of sp³-hybridized carbons (Fsp3) is 0.571. The lowest BCUT2D eigenvalue weighted by Gasteiger charge is -2.30. The number of ether oxygens (including phenoxy) is 2. The van der Waals surface area contributed by atoms with Gasteiger partial charge in [0.2, 0.25) is 11.8 Å². The van der Waals surface area contributed by atoms with Crippen molar-refractivity contribution >= 4 is 40.9 Å². The van der Waals surface area contributed by atoms with Crippen molar-refractivity contribution in [3.63, 3.8) is 0 Å². The molecule has 0 unspecified atom stereocenters. The minimum Gasteiger partial charge on any atom is -0.479 e. The molecule has 13 nitrogen and oxygen atoms in total. The van der Waals surface area contributed by atoms with Crippen LogP contribution in [0, 0.1) is 5.92 Å². The highest BCUT2D eigenvalue weighted by molar-refractivity contribution is 5.96. The summed E-state index contributed by atoms with van der Waals surface area (Å²) in [6, 6.07) is 5.90. The molecule has 2 aromatic rings. The number of amides is 4. The van der Waals surface area contributed by atoms with Crippen molar-refractivity contribution in [1.82, 2.24) is 25.4 Å². The summed E-state index contributed by atoms with van der Waals surface area (Å²) < 4.78 is 11.4. The lowest BCUT2D eigenvalue weighted by atomic mass is 10.0. The third-order valence-electron chi connectivity index (χ3n) is 9.72. The molecule has 0 spiro atoms. The maximum absolute atomic E-state index is 14.2. The minimum absolute atomic E-state index is 0.00977. The van der Waals surface area contributed by atoms with E-state index in [0.717, 1.165) is 35.9 Å². The molecule has 2 fully saturated rings. The van der Waals surface area contributed by atoms with E-state index in [4.69, 9.17) is 9.47 Å². The number of carbonyl (C=O) groups excluding carboxylic acids is 4. The van der Waals surface area contributed by atoms with Gasteiger partial charge >= 0.3 is 18.2 Å². The standard InChI is InChI=1S/C35H45N5O8/c1-34(2,3)48-32(45)37-26-14-8-6-4-5-7-11-21-18-35(21,31(43)44)38-29(41)28-17-22(19-40(28)30(26)42)47-33(46)39-16-15-24-23-12-9-10-13-25(23)36-27(24)20-39/h7,9-13,21-22,26,28,36H,4-6,8,14-20H2,1-3H3,(H,37,45)(H,38,41)(H,43,44)/t21-,22-,26+,28+,35-/m1/s1. The third-order valence-corrected chi connectivity index (χ3v) is 9.72. The number of nitrogens with zero attached hydrogens (tertiary/aromatic N) is 2. The summed E-state index contributed by atoms with van der Waals surface area (Å²) in [5.74, 6) is -2.64. The highest BCUT2D eigenvalue weighted by Crippen LogP contribution is 2.45. The Kier molecular flexibility index (Phi) is 9.14. The SMILES string of the molecule is CC(C)(C)OC(=O)N[C@H]1CCCCCC=C[C@@H]2C[C@@]2(C(=O)O)NC(=O)[C@@H]2C[C@@H](OC(=O)N3CCc4c([nH]c5ccccc45)C3)CN2C1=O. The van der Waals surface area contributed by atoms with Crippen molar-refractivity contribution in [3.8, 4) is 0 Å². The Morgan fingerprint density at radius 2 is 1.90 bits per heavy atom. The second-order valence-corrected chi connectivity index (χ2v) is 14.4. The van der Waals surface area contributed by atoms with Crippen LogP contribution in [0.2, 0.25) is 0 Å².